The van der Waals surface area contributed by atoms with Crippen LogP contribution in [0.4, 0.5) is 0 Å². The quantitative estimate of drug-likeness (QED) is 0.896. The zero-order valence-corrected chi connectivity index (χ0v) is 13.4. The third-order valence-corrected chi connectivity index (χ3v) is 4.35. The number of pyridine rings is 1. The van der Waals surface area contributed by atoms with E-state index in [0.717, 1.165) is 16.7 Å². The number of nitrogens with zero attached hydrogens (tertiary/aromatic N) is 2. The zero-order chi connectivity index (χ0) is 17.3. The molecular formula is C18H19N3O3. The first-order valence-corrected chi connectivity index (χ1v) is 7.78. The van der Waals surface area contributed by atoms with Crippen molar-refractivity contribution in [2.75, 3.05) is 0 Å². The van der Waals surface area contributed by atoms with Gasteiger partial charge in [0.25, 0.3) is 5.56 Å². The molecule has 0 unspecified atom stereocenters. The van der Waals surface area contributed by atoms with Crippen LogP contribution in [0.5, 0.6) is 0 Å². The van der Waals surface area contributed by atoms with Crippen molar-refractivity contribution >= 4 is 11.8 Å². The van der Waals surface area contributed by atoms with E-state index < -0.39 is 11.9 Å². The summed E-state index contributed by atoms with van der Waals surface area (Å²) in [6.07, 6.45) is 1.99. The number of benzene rings is 1. The number of hydrogen-bond donors (Lipinski definition) is 1. The number of carbonyl (C=O) groups excluding carboxylic acids is 2. The molecule has 6 nitrogen and oxygen atoms in total. The van der Waals surface area contributed by atoms with Crippen LogP contribution in [-0.4, -0.2) is 27.3 Å². The van der Waals surface area contributed by atoms with Crippen molar-refractivity contribution < 1.29 is 9.59 Å². The van der Waals surface area contributed by atoms with Gasteiger partial charge in [-0.3, -0.25) is 14.4 Å². The van der Waals surface area contributed by atoms with Crippen molar-refractivity contribution in [3.05, 3.63) is 69.6 Å². The Morgan fingerprint density at radius 3 is 2.58 bits per heavy atom. The molecule has 0 aliphatic carbocycles. The maximum Gasteiger partial charge on any atom is 0.251 e. The monoisotopic (exact) mass is 325 g/mol. The first kappa shape index (κ1) is 16.0. The van der Waals surface area contributed by atoms with Gasteiger partial charge in [0.1, 0.15) is 12.6 Å². The Kier molecular flexibility index (Phi) is 4.20. The van der Waals surface area contributed by atoms with Gasteiger partial charge in [0.2, 0.25) is 11.8 Å². The molecule has 2 N–H and O–H groups in total. The second kappa shape index (κ2) is 6.31. The first-order chi connectivity index (χ1) is 11.5. The van der Waals surface area contributed by atoms with Crippen LogP contribution in [-0.2, 0) is 29.1 Å². The predicted octanol–water partition coefficient (Wildman–Crippen LogP) is 0.596. The zero-order valence-electron chi connectivity index (χ0n) is 13.4. The highest BCUT2D eigenvalue weighted by atomic mass is 16.2. The fourth-order valence-corrected chi connectivity index (χ4v) is 3.01. The van der Waals surface area contributed by atoms with Gasteiger partial charge in [-0.05, 0) is 29.7 Å². The molecule has 24 heavy (non-hydrogen) atoms. The van der Waals surface area contributed by atoms with E-state index in [1.165, 1.54) is 15.5 Å². The van der Waals surface area contributed by atoms with Crippen LogP contribution >= 0.6 is 0 Å². The van der Waals surface area contributed by atoms with E-state index in [1.54, 1.807) is 12.3 Å². The molecule has 0 fully saturated rings. The SMILES string of the molecule is Cc1ccn(CC(=O)N2Cc3ccccc3C[C@H]2C(N)=O)c(=O)c1. The van der Waals surface area contributed by atoms with E-state index in [0.29, 0.717) is 13.0 Å². The summed E-state index contributed by atoms with van der Waals surface area (Å²) in [4.78, 5) is 37.9. The van der Waals surface area contributed by atoms with Crippen molar-refractivity contribution in [2.45, 2.75) is 32.5 Å². The van der Waals surface area contributed by atoms with Gasteiger partial charge in [-0.25, -0.2) is 0 Å². The largest absolute Gasteiger partial charge is 0.368 e. The number of amides is 2. The van der Waals surface area contributed by atoms with Crippen LogP contribution < -0.4 is 11.3 Å². The van der Waals surface area contributed by atoms with E-state index >= 15 is 0 Å². The normalized spacial score (nSPS) is 16.5. The maximum atomic E-state index is 12.7. The molecule has 124 valence electrons. The highest BCUT2D eigenvalue weighted by molar-refractivity contribution is 5.87. The molecular weight excluding hydrogens is 306 g/mol. The molecule has 0 radical (unpaired) electrons. The number of fused-ring (bicyclic) bond motifs is 1. The number of hydrogen-bond acceptors (Lipinski definition) is 3. The average molecular weight is 325 g/mol. The van der Waals surface area contributed by atoms with Crippen LogP contribution in [0.2, 0.25) is 0 Å². The fraction of sp³-hybridized carbons (Fsp3) is 0.278. The molecule has 2 amide bonds. The first-order valence-electron chi connectivity index (χ1n) is 7.78. The third kappa shape index (κ3) is 3.08. The number of nitrogens with two attached hydrogens (primary N) is 1. The molecule has 1 atom stereocenters. The number of primary amides is 1. The Morgan fingerprint density at radius 2 is 1.92 bits per heavy atom. The highest BCUT2D eigenvalue weighted by Crippen LogP contribution is 2.23. The van der Waals surface area contributed by atoms with Crippen LogP contribution in [0.1, 0.15) is 16.7 Å². The van der Waals surface area contributed by atoms with Crippen molar-refractivity contribution in [2.24, 2.45) is 5.73 Å². The Balaban J connectivity index is 1.87. The van der Waals surface area contributed by atoms with Crippen molar-refractivity contribution in [3.63, 3.8) is 0 Å². The minimum atomic E-state index is -0.687. The van der Waals surface area contributed by atoms with E-state index in [-0.39, 0.29) is 18.0 Å². The van der Waals surface area contributed by atoms with Gasteiger partial charge in [0, 0.05) is 25.2 Å². The molecule has 1 aliphatic rings. The van der Waals surface area contributed by atoms with Crippen molar-refractivity contribution in [3.8, 4) is 0 Å². The average Bonchev–Trinajstić information content (AvgIpc) is 2.56. The summed E-state index contributed by atoms with van der Waals surface area (Å²) in [5, 5.41) is 0. The Hall–Kier alpha value is -2.89. The van der Waals surface area contributed by atoms with Crippen LogP contribution in [0.25, 0.3) is 0 Å². The van der Waals surface area contributed by atoms with Gasteiger partial charge in [0.05, 0.1) is 0 Å². The number of aromatic nitrogens is 1. The molecule has 0 saturated carbocycles. The summed E-state index contributed by atoms with van der Waals surface area (Å²) in [6, 6.07) is 10.2. The van der Waals surface area contributed by atoms with Gasteiger partial charge >= 0.3 is 0 Å². The van der Waals surface area contributed by atoms with Crippen LogP contribution in [0.3, 0.4) is 0 Å². The lowest BCUT2D eigenvalue weighted by Crippen LogP contribution is -2.52. The maximum absolute atomic E-state index is 12.7. The summed E-state index contributed by atoms with van der Waals surface area (Å²) >= 11 is 0. The standard InChI is InChI=1S/C18H19N3O3/c1-12-6-7-20(16(22)8-12)11-17(23)21-10-14-5-3-2-4-13(14)9-15(21)18(19)24/h2-8,15H,9-11H2,1H3,(H2,19,24)/t15-/m0/s1. The van der Waals surface area contributed by atoms with Gasteiger partial charge in [-0.2, -0.15) is 0 Å². The smallest absolute Gasteiger partial charge is 0.251 e. The Bertz CT molecular complexity index is 857. The van der Waals surface area contributed by atoms with Gasteiger partial charge in [-0.1, -0.05) is 24.3 Å². The van der Waals surface area contributed by atoms with Crippen molar-refractivity contribution in [1.82, 2.24) is 9.47 Å². The lowest BCUT2D eigenvalue weighted by atomic mass is 9.93. The molecule has 1 aliphatic heterocycles. The fourth-order valence-electron chi connectivity index (χ4n) is 3.01. The van der Waals surface area contributed by atoms with Crippen LogP contribution in [0.15, 0.2) is 47.4 Å². The van der Waals surface area contributed by atoms with Gasteiger partial charge in [0.15, 0.2) is 0 Å². The summed E-state index contributed by atoms with van der Waals surface area (Å²) < 4.78 is 1.34. The van der Waals surface area contributed by atoms with E-state index in [2.05, 4.69) is 0 Å². The summed E-state index contributed by atoms with van der Waals surface area (Å²) in [6.45, 7) is 2.03. The van der Waals surface area contributed by atoms with Crippen LogP contribution in [0, 0.1) is 6.92 Å². The molecule has 6 heteroatoms. The highest BCUT2D eigenvalue weighted by Gasteiger charge is 2.33. The molecule has 2 aromatic rings. The molecule has 2 heterocycles. The Morgan fingerprint density at radius 1 is 1.21 bits per heavy atom. The van der Waals surface area contributed by atoms with Crippen molar-refractivity contribution in [1.29, 1.82) is 0 Å². The molecule has 0 saturated heterocycles. The summed E-state index contributed by atoms with van der Waals surface area (Å²) in [7, 11) is 0. The topological polar surface area (TPSA) is 85.4 Å². The molecule has 3 rings (SSSR count). The lowest BCUT2D eigenvalue weighted by Gasteiger charge is -2.35. The molecule has 0 spiro atoms. The van der Waals surface area contributed by atoms with E-state index in [1.807, 2.05) is 31.2 Å². The molecule has 0 bridgehead atoms. The second-order valence-corrected chi connectivity index (χ2v) is 6.08. The number of rotatable bonds is 3. The molecule has 1 aromatic heterocycles. The van der Waals surface area contributed by atoms with Gasteiger partial charge in [-0.15, -0.1) is 0 Å². The minimum absolute atomic E-state index is 0.106. The van der Waals surface area contributed by atoms with E-state index in [4.69, 9.17) is 5.73 Å². The van der Waals surface area contributed by atoms with Gasteiger partial charge < -0.3 is 15.2 Å². The van der Waals surface area contributed by atoms with E-state index in [9.17, 15) is 14.4 Å². The molecule has 1 aromatic carbocycles. The summed E-state index contributed by atoms with van der Waals surface area (Å²) in [5.41, 5.74) is 8.12. The lowest BCUT2D eigenvalue weighted by molar-refractivity contribution is -0.141. The number of aryl methyl sites for hydroxylation is 1. The minimum Gasteiger partial charge on any atom is -0.368 e. The Labute approximate surface area is 139 Å². The second-order valence-electron chi connectivity index (χ2n) is 6.08. The summed E-state index contributed by atoms with van der Waals surface area (Å²) in [5.74, 6) is -0.826. The predicted molar refractivity (Wildman–Crippen MR) is 89.1 cm³/mol. The third-order valence-electron chi connectivity index (χ3n) is 4.35. The number of carbonyl (C=O) groups is 2.